The zero-order chi connectivity index (χ0) is 15.5. The lowest BCUT2D eigenvalue weighted by Gasteiger charge is -2.40. The number of carbonyl (C=O) groups excluding carboxylic acids is 1. The third-order valence-electron chi connectivity index (χ3n) is 4.60. The summed E-state index contributed by atoms with van der Waals surface area (Å²) < 4.78 is 11.2. The lowest BCUT2D eigenvalue weighted by molar-refractivity contribution is -0.0462. The van der Waals surface area contributed by atoms with Gasteiger partial charge >= 0.3 is 0 Å². The maximum atomic E-state index is 12.8. The van der Waals surface area contributed by atoms with E-state index in [9.17, 15) is 4.79 Å². The van der Waals surface area contributed by atoms with Crippen LogP contribution in [0.25, 0.3) is 0 Å². The molecule has 1 aliphatic carbocycles. The first-order valence-electron chi connectivity index (χ1n) is 7.59. The van der Waals surface area contributed by atoms with Gasteiger partial charge in [-0.15, -0.1) is 0 Å². The zero-order valence-corrected chi connectivity index (χ0v) is 13.3. The average Bonchev–Trinajstić information content (AvgIpc) is 3.03. The maximum absolute atomic E-state index is 12.8. The molecule has 3 rings (SSSR count). The molecule has 1 saturated carbocycles. The number of morpholine rings is 1. The average molecular weight is 326 g/mol. The van der Waals surface area contributed by atoms with E-state index in [1.165, 1.54) is 12.5 Å². The van der Waals surface area contributed by atoms with E-state index in [1.54, 1.807) is 7.11 Å². The van der Waals surface area contributed by atoms with Gasteiger partial charge in [-0.05, 0) is 12.8 Å². The molecule has 1 saturated heterocycles. The van der Waals surface area contributed by atoms with Crippen LogP contribution in [0.2, 0.25) is 5.02 Å². The van der Waals surface area contributed by atoms with Gasteiger partial charge in [-0.1, -0.05) is 18.0 Å². The molecule has 0 aromatic carbocycles. The number of carbonyl (C=O) groups is 1. The Morgan fingerprint density at radius 2 is 2.36 bits per heavy atom. The molecule has 0 N–H and O–H groups in total. The smallest absolute Gasteiger partial charge is 0.274 e. The number of hydrogen-bond donors (Lipinski definition) is 0. The second-order valence-corrected chi connectivity index (χ2v) is 6.14. The number of methoxy groups -OCH3 is 1. The Labute approximate surface area is 134 Å². The first-order valence-corrected chi connectivity index (χ1v) is 7.97. The monoisotopic (exact) mass is 325 g/mol. The van der Waals surface area contributed by atoms with Crippen LogP contribution in [0.4, 0.5) is 0 Å². The molecule has 6 nitrogen and oxygen atoms in total. The summed E-state index contributed by atoms with van der Waals surface area (Å²) in [4.78, 5) is 22.6. The number of aromatic nitrogens is 2. The Balaban J connectivity index is 1.83. The number of halogens is 1. The van der Waals surface area contributed by atoms with E-state index in [4.69, 9.17) is 21.1 Å². The zero-order valence-electron chi connectivity index (χ0n) is 12.6. The first-order chi connectivity index (χ1) is 10.7. The predicted octanol–water partition coefficient (Wildman–Crippen LogP) is 1.79. The van der Waals surface area contributed by atoms with Gasteiger partial charge in [0.25, 0.3) is 5.91 Å². The summed E-state index contributed by atoms with van der Waals surface area (Å²) in [5.41, 5.74) is 0.260. The van der Waals surface area contributed by atoms with E-state index in [0.29, 0.717) is 25.7 Å². The van der Waals surface area contributed by atoms with Gasteiger partial charge in [-0.3, -0.25) is 4.79 Å². The number of rotatable bonds is 3. The third kappa shape index (κ3) is 2.95. The summed E-state index contributed by atoms with van der Waals surface area (Å²) in [5, 5.41) is 0.285. The standard InChI is InChI=1S/C15H20ClN3O3/c1-21-13-4-2-3-10(13)12-8-22-6-5-19(12)15(20)14-11(16)7-17-9-18-14/h7,9-10,12-13H,2-6,8H2,1H3. The molecule has 0 bridgehead atoms. The molecular weight excluding hydrogens is 306 g/mol. The summed E-state index contributed by atoms with van der Waals surface area (Å²) in [5.74, 6) is 0.150. The molecule has 0 spiro atoms. The van der Waals surface area contributed by atoms with E-state index in [2.05, 4.69) is 9.97 Å². The fourth-order valence-corrected chi connectivity index (χ4v) is 3.71. The molecule has 1 aromatic rings. The maximum Gasteiger partial charge on any atom is 0.274 e. The van der Waals surface area contributed by atoms with Crippen LogP contribution in [0.5, 0.6) is 0 Å². The number of nitrogens with zero attached hydrogens (tertiary/aromatic N) is 3. The second-order valence-electron chi connectivity index (χ2n) is 5.73. The summed E-state index contributed by atoms with van der Waals surface area (Å²) in [6.45, 7) is 1.63. The van der Waals surface area contributed by atoms with Crippen molar-refractivity contribution in [2.24, 2.45) is 5.92 Å². The molecule has 3 atom stereocenters. The molecule has 22 heavy (non-hydrogen) atoms. The van der Waals surface area contributed by atoms with Gasteiger partial charge in [0.05, 0.1) is 30.4 Å². The normalized spacial score (nSPS) is 28.8. The van der Waals surface area contributed by atoms with Crippen LogP contribution in [0.3, 0.4) is 0 Å². The van der Waals surface area contributed by atoms with Gasteiger partial charge in [0.15, 0.2) is 0 Å². The van der Waals surface area contributed by atoms with Gasteiger partial charge in [0, 0.05) is 25.8 Å². The van der Waals surface area contributed by atoms with E-state index in [1.807, 2.05) is 4.90 Å². The molecule has 1 aromatic heterocycles. The van der Waals surface area contributed by atoms with Gasteiger partial charge in [-0.2, -0.15) is 0 Å². The van der Waals surface area contributed by atoms with Crippen LogP contribution in [0, 0.1) is 5.92 Å². The van der Waals surface area contributed by atoms with E-state index in [0.717, 1.165) is 19.3 Å². The van der Waals surface area contributed by atoms with Crippen molar-refractivity contribution in [2.45, 2.75) is 31.4 Å². The molecule has 1 amide bonds. The molecule has 7 heteroatoms. The minimum absolute atomic E-state index is 0.0136. The largest absolute Gasteiger partial charge is 0.381 e. The van der Waals surface area contributed by atoms with Crippen molar-refractivity contribution in [3.63, 3.8) is 0 Å². The fraction of sp³-hybridized carbons (Fsp3) is 0.667. The van der Waals surface area contributed by atoms with Crippen molar-refractivity contribution in [1.29, 1.82) is 0 Å². The van der Waals surface area contributed by atoms with Crippen LogP contribution in [0.1, 0.15) is 29.8 Å². The van der Waals surface area contributed by atoms with Crippen LogP contribution >= 0.6 is 11.6 Å². The van der Waals surface area contributed by atoms with Gasteiger partial charge in [0.2, 0.25) is 0 Å². The minimum Gasteiger partial charge on any atom is -0.381 e. The lowest BCUT2D eigenvalue weighted by atomic mass is 9.94. The van der Waals surface area contributed by atoms with Crippen LogP contribution in [-0.4, -0.2) is 59.8 Å². The van der Waals surface area contributed by atoms with Crippen molar-refractivity contribution in [2.75, 3.05) is 26.9 Å². The third-order valence-corrected chi connectivity index (χ3v) is 4.87. The second kappa shape index (κ2) is 6.89. The SMILES string of the molecule is COC1CCCC1C1COCCN1C(=O)c1ncncc1Cl. The number of amides is 1. The van der Waals surface area contributed by atoms with E-state index >= 15 is 0 Å². The number of ether oxygens (including phenoxy) is 2. The van der Waals surface area contributed by atoms with E-state index < -0.39 is 0 Å². The van der Waals surface area contributed by atoms with Crippen molar-refractivity contribution < 1.29 is 14.3 Å². The van der Waals surface area contributed by atoms with Crippen molar-refractivity contribution in [3.05, 3.63) is 23.2 Å². The topological polar surface area (TPSA) is 64.6 Å². The van der Waals surface area contributed by atoms with Crippen LogP contribution in [0.15, 0.2) is 12.5 Å². The summed E-state index contributed by atoms with van der Waals surface area (Å²) in [6, 6.07) is 0.0136. The van der Waals surface area contributed by atoms with Crippen LogP contribution < -0.4 is 0 Å². The Morgan fingerprint density at radius 1 is 1.50 bits per heavy atom. The van der Waals surface area contributed by atoms with Gasteiger partial charge in [0.1, 0.15) is 12.0 Å². The van der Waals surface area contributed by atoms with Crippen molar-refractivity contribution in [1.82, 2.24) is 14.9 Å². The van der Waals surface area contributed by atoms with Gasteiger partial charge < -0.3 is 14.4 Å². The summed E-state index contributed by atoms with van der Waals surface area (Å²) in [7, 11) is 1.74. The molecule has 2 heterocycles. The minimum atomic E-state index is -0.151. The Morgan fingerprint density at radius 3 is 3.14 bits per heavy atom. The fourth-order valence-electron chi connectivity index (χ4n) is 3.52. The quantitative estimate of drug-likeness (QED) is 0.847. The molecule has 3 unspecified atom stereocenters. The molecule has 120 valence electrons. The highest BCUT2D eigenvalue weighted by Gasteiger charge is 2.41. The number of hydrogen-bond acceptors (Lipinski definition) is 5. The van der Waals surface area contributed by atoms with Crippen LogP contribution in [-0.2, 0) is 9.47 Å². The highest BCUT2D eigenvalue weighted by atomic mass is 35.5. The Bertz CT molecular complexity index is 543. The Kier molecular flexibility index (Phi) is 4.90. The lowest BCUT2D eigenvalue weighted by Crippen LogP contribution is -2.54. The highest BCUT2D eigenvalue weighted by molar-refractivity contribution is 6.33. The predicted molar refractivity (Wildman–Crippen MR) is 80.8 cm³/mol. The van der Waals surface area contributed by atoms with Crippen molar-refractivity contribution >= 4 is 17.5 Å². The molecule has 1 aliphatic heterocycles. The first kappa shape index (κ1) is 15.6. The van der Waals surface area contributed by atoms with Crippen molar-refractivity contribution in [3.8, 4) is 0 Å². The van der Waals surface area contributed by atoms with Gasteiger partial charge in [-0.25, -0.2) is 9.97 Å². The molecular formula is C15H20ClN3O3. The summed E-state index contributed by atoms with van der Waals surface area (Å²) >= 11 is 6.07. The molecule has 2 aliphatic rings. The Hall–Kier alpha value is -1.24. The summed E-state index contributed by atoms with van der Waals surface area (Å²) in [6.07, 6.45) is 6.19. The molecule has 0 radical (unpaired) electrons. The molecule has 2 fully saturated rings. The van der Waals surface area contributed by atoms with E-state index in [-0.39, 0.29) is 28.8 Å². The highest BCUT2D eigenvalue weighted by Crippen LogP contribution is 2.34.